The third-order valence-corrected chi connectivity index (χ3v) is 8.68. The van der Waals surface area contributed by atoms with Crippen molar-refractivity contribution in [2.24, 2.45) is 28.6 Å². The fourth-order valence-electron chi connectivity index (χ4n) is 7.36. The molecule has 0 aliphatic heterocycles. The van der Waals surface area contributed by atoms with Crippen LogP contribution in [0.1, 0.15) is 70.3 Å². The number of carbonyl (C=O) groups is 2. The van der Waals surface area contributed by atoms with Crippen LogP contribution in [-0.4, -0.2) is 11.6 Å². The summed E-state index contributed by atoms with van der Waals surface area (Å²) in [5, 5.41) is 0. The van der Waals surface area contributed by atoms with Crippen molar-refractivity contribution < 1.29 is 14.0 Å². The van der Waals surface area contributed by atoms with E-state index in [-0.39, 0.29) is 16.7 Å². The molecule has 3 heteroatoms. The number of ketones is 2. The first-order valence-electron chi connectivity index (χ1n) is 10.2. The Kier molecular flexibility index (Phi) is 3.45. The van der Waals surface area contributed by atoms with Gasteiger partial charge in [-0.1, -0.05) is 19.4 Å². The van der Waals surface area contributed by atoms with Gasteiger partial charge >= 0.3 is 0 Å². The molecule has 0 aromatic carbocycles. The van der Waals surface area contributed by atoms with Gasteiger partial charge in [0, 0.05) is 18.4 Å². The summed E-state index contributed by atoms with van der Waals surface area (Å²) < 4.78 is 5.31. The molecule has 4 aliphatic carbocycles. The Hall–Kier alpha value is -1.64. The van der Waals surface area contributed by atoms with Gasteiger partial charge in [-0.3, -0.25) is 9.59 Å². The van der Waals surface area contributed by atoms with Crippen molar-refractivity contribution in [3.8, 4) is 0 Å². The molecule has 0 amide bonds. The van der Waals surface area contributed by atoms with E-state index in [9.17, 15) is 9.59 Å². The average Bonchev–Trinajstić information content (AvgIpc) is 3.20. The molecule has 138 valence electrons. The highest BCUT2D eigenvalue weighted by molar-refractivity contribution is 5.92. The molecule has 0 unspecified atom stereocenters. The second kappa shape index (κ2) is 5.43. The van der Waals surface area contributed by atoms with Crippen molar-refractivity contribution in [2.45, 2.75) is 64.7 Å². The van der Waals surface area contributed by atoms with Gasteiger partial charge in [0.25, 0.3) is 0 Å². The Balaban J connectivity index is 1.51. The maximum atomic E-state index is 13.0. The summed E-state index contributed by atoms with van der Waals surface area (Å²) in [6, 6.07) is 1.98. The van der Waals surface area contributed by atoms with Crippen LogP contribution < -0.4 is 0 Å². The number of carbonyl (C=O) groups excluding carboxylic acids is 2. The number of allylic oxidation sites excluding steroid dienone is 1. The first-order valence-corrected chi connectivity index (χ1v) is 10.2. The van der Waals surface area contributed by atoms with Gasteiger partial charge < -0.3 is 4.42 Å². The quantitative estimate of drug-likeness (QED) is 0.708. The third kappa shape index (κ3) is 2.06. The van der Waals surface area contributed by atoms with Gasteiger partial charge in [-0.05, 0) is 72.8 Å². The molecule has 0 radical (unpaired) electrons. The molecule has 26 heavy (non-hydrogen) atoms. The van der Waals surface area contributed by atoms with E-state index in [1.54, 1.807) is 12.5 Å². The number of rotatable bonds is 1. The van der Waals surface area contributed by atoms with E-state index in [0.29, 0.717) is 35.7 Å². The lowest BCUT2D eigenvalue weighted by Crippen LogP contribution is -2.50. The van der Waals surface area contributed by atoms with Crippen LogP contribution in [0.3, 0.4) is 0 Å². The average molecular weight is 352 g/mol. The van der Waals surface area contributed by atoms with E-state index in [4.69, 9.17) is 4.42 Å². The Labute approximate surface area is 155 Å². The van der Waals surface area contributed by atoms with Gasteiger partial charge in [0.1, 0.15) is 5.78 Å². The van der Waals surface area contributed by atoms with Crippen molar-refractivity contribution in [3.63, 3.8) is 0 Å². The van der Waals surface area contributed by atoms with E-state index in [1.165, 1.54) is 12.0 Å². The minimum absolute atomic E-state index is 0.00452. The lowest BCUT2D eigenvalue weighted by Gasteiger charge is -2.57. The second-order valence-electron chi connectivity index (χ2n) is 9.67. The molecule has 1 heterocycles. The lowest BCUT2D eigenvalue weighted by atomic mass is 9.46. The maximum absolute atomic E-state index is 13.0. The minimum Gasteiger partial charge on any atom is -0.472 e. The largest absolute Gasteiger partial charge is 0.472 e. The first-order chi connectivity index (χ1) is 12.4. The first kappa shape index (κ1) is 16.5. The molecule has 1 aromatic rings. The van der Waals surface area contributed by atoms with E-state index in [0.717, 1.165) is 37.7 Å². The van der Waals surface area contributed by atoms with E-state index in [1.807, 2.05) is 12.1 Å². The zero-order valence-corrected chi connectivity index (χ0v) is 15.8. The van der Waals surface area contributed by atoms with E-state index in [2.05, 4.69) is 13.8 Å². The van der Waals surface area contributed by atoms with Crippen LogP contribution in [-0.2, 0) is 9.59 Å². The van der Waals surface area contributed by atoms with Crippen LogP contribution in [0.4, 0.5) is 0 Å². The van der Waals surface area contributed by atoms with Gasteiger partial charge in [-0.15, -0.1) is 0 Å². The van der Waals surface area contributed by atoms with Crippen LogP contribution in [0, 0.1) is 28.6 Å². The van der Waals surface area contributed by atoms with Crippen molar-refractivity contribution in [1.82, 2.24) is 0 Å². The molecule has 3 nitrogen and oxygen atoms in total. The van der Waals surface area contributed by atoms with Gasteiger partial charge in [-0.25, -0.2) is 0 Å². The van der Waals surface area contributed by atoms with Crippen molar-refractivity contribution in [3.05, 3.63) is 35.8 Å². The molecule has 4 aliphatic rings. The standard InChI is InChI=1S/C23H28O3/c1-22-8-5-16(24)11-15(22)3-4-17-18(22)6-9-23(2)19(17)12-20(25)21(23)14-7-10-26-13-14/h7,10-11,13,17-19,21H,3-6,8-9,12H2,1-2H3/t17-,18+,19+,21-,22+,23+/m1/s1. The Morgan fingerprint density at radius 3 is 2.69 bits per heavy atom. The van der Waals surface area contributed by atoms with Crippen LogP contribution in [0.5, 0.6) is 0 Å². The highest BCUT2D eigenvalue weighted by Gasteiger charge is 2.61. The predicted molar refractivity (Wildman–Crippen MR) is 98.5 cm³/mol. The molecule has 0 N–H and O–H groups in total. The molecule has 0 spiro atoms. The fourth-order valence-corrected chi connectivity index (χ4v) is 7.36. The number of hydrogen-bond acceptors (Lipinski definition) is 3. The molecule has 5 rings (SSSR count). The van der Waals surface area contributed by atoms with Gasteiger partial charge in [0.05, 0.1) is 18.4 Å². The number of furan rings is 1. The molecule has 0 bridgehead atoms. The van der Waals surface area contributed by atoms with Gasteiger partial charge in [-0.2, -0.15) is 0 Å². The van der Waals surface area contributed by atoms with Crippen LogP contribution >= 0.6 is 0 Å². The summed E-state index contributed by atoms with van der Waals surface area (Å²) in [6.45, 7) is 4.75. The molecular formula is C23H28O3. The number of fused-ring (bicyclic) bond motifs is 5. The van der Waals surface area contributed by atoms with Crippen molar-refractivity contribution >= 4 is 11.6 Å². The summed E-state index contributed by atoms with van der Waals surface area (Å²) in [7, 11) is 0. The second-order valence-corrected chi connectivity index (χ2v) is 9.67. The summed E-state index contributed by atoms with van der Waals surface area (Å²) in [4.78, 5) is 25.0. The van der Waals surface area contributed by atoms with Crippen LogP contribution in [0.15, 0.2) is 34.7 Å². The SMILES string of the molecule is C[C@]12CC[C@H]3[C@@H](CCC4=CC(=O)CC[C@@]43C)[C@@H]1CC(=O)[C@H]2c1ccoc1. The predicted octanol–water partition coefficient (Wildman–Crippen LogP) is 5.07. The Morgan fingerprint density at radius 1 is 1.08 bits per heavy atom. The number of hydrogen-bond donors (Lipinski definition) is 0. The lowest BCUT2D eigenvalue weighted by molar-refractivity contribution is -0.119. The number of Topliss-reactive ketones (excluding diaryl/α,β-unsaturated/α-hetero) is 1. The van der Waals surface area contributed by atoms with Crippen LogP contribution in [0.25, 0.3) is 0 Å². The van der Waals surface area contributed by atoms with Crippen molar-refractivity contribution in [1.29, 1.82) is 0 Å². The summed E-state index contributed by atoms with van der Waals surface area (Å²) >= 11 is 0. The minimum atomic E-state index is 0.00452. The van der Waals surface area contributed by atoms with Crippen molar-refractivity contribution in [2.75, 3.05) is 0 Å². The zero-order valence-electron chi connectivity index (χ0n) is 15.8. The maximum Gasteiger partial charge on any atom is 0.155 e. The summed E-state index contributed by atoms with van der Waals surface area (Å²) in [5.74, 6) is 2.45. The monoisotopic (exact) mass is 352 g/mol. The topological polar surface area (TPSA) is 47.3 Å². The smallest absolute Gasteiger partial charge is 0.155 e. The zero-order chi connectivity index (χ0) is 18.1. The Bertz CT molecular complexity index is 788. The third-order valence-electron chi connectivity index (χ3n) is 8.68. The highest BCUT2D eigenvalue weighted by atomic mass is 16.3. The fraction of sp³-hybridized carbons (Fsp3) is 0.652. The van der Waals surface area contributed by atoms with Crippen LogP contribution in [0.2, 0.25) is 0 Å². The van der Waals surface area contributed by atoms with Gasteiger partial charge in [0.15, 0.2) is 5.78 Å². The van der Waals surface area contributed by atoms with E-state index >= 15 is 0 Å². The highest BCUT2D eigenvalue weighted by Crippen LogP contribution is 2.67. The van der Waals surface area contributed by atoms with Gasteiger partial charge in [0.2, 0.25) is 0 Å². The van der Waals surface area contributed by atoms with E-state index < -0.39 is 0 Å². The summed E-state index contributed by atoms with van der Waals surface area (Å²) in [6.07, 6.45) is 12.3. The molecule has 6 atom stereocenters. The molecule has 0 saturated heterocycles. The molecule has 1 aromatic heterocycles. The molecule has 3 saturated carbocycles. The Morgan fingerprint density at radius 2 is 1.92 bits per heavy atom. The molecule has 3 fully saturated rings. The normalized spacial score (nSPS) is 44.9. The molecular weight excluding hydrogens is 324 g/mol. The summed E-state index contributed by atoms with van der Waals surface area (Å²) in [5.41, 5.74) is 2.71.